The van der Waals surface area contributed by atoms with Crippen LogP contribution < -0.4 is 0 Å². The molecule has 0 fully saturated rings. The van der Waals surface area contributed by atoms with Crippen LogP contribution in [0.15, 0.2) is 18.3 Å². The smallest absolute Gasteiger partial charge is 0.0573 e. The van der Waals surface area contributed by atoms with Gasteiger partial charge in [0.25, 0.3) is 0 Å². The number of aromatic nitrogens is 1. The molecule has 0 aliphatic rings. The van der Waals surface area contributed by atoms with Crippen molar-refractivity contribution in [3.8, 4) is 0 Å². The maximum Gasteiger partial charge on any atom is 0.0573 e. The number of hydrogen-bond donors (Lipinski definition) is 0. The number of nitrogens with zero attached hydrogens (tertiary/aromatic N) is 2. The van der Waals surface area contributed by atoms with E-state index in [0.29, 0.717) is 6.04 Å². The Morgan fingerprint density at radius 3 is 2.86 bits per heavy atom. The molecule has 0 saturated carbocycles. The standard InChI is InChI=1S/C11H17BrN2/c1-9-5-4-6-13-11(9)8-14(3)10(2)7-12/h4-6,10H,7-8H2,1-3H3. The zero-order valence-electron chi connectivity index (χ0n) is 9.00. The third-order valence-electron chi connectivity index (χ3n) is 2.49. The van der Waals surface area contributed by atoms with Crippen molar-refractivity contribution >= 4 is 15.9 Å². The van der Waals surface area contributed by atoms with Crippen molar-refractivity contribution in [1.82, 2.24) is 9.88 Å². The van der Waals surface area contributed by atoms with E-state index in [1.807, 2.05) is 12.3 Å². The highest BCUT2D eigenvalue weighted by molar-refractivity contribution is 9.09. The lowest BCUT2D eigenvalue weighted by Gasteiger charge is -2.22. The van der Waals surface area contributed by atoms with Gasteiger partial charge >= 0.3 is 0 Å². The topological polar surface area (TPSA) is 16.1 Å². The molecule has 0 aliphatic carbocycles. The third-order valence-corrected chi connectivity index (χ3v) is 3.43. The van der Waals surface area contributed by atoms with E-state index in [1.54, 1.807) is 0 Å². The average molecular weight is 257 g/mol. The monoisotopic (exact) mass is 256 g/mol. The van der Waals surface area contributed by atoms with Crippen LogP contribution in [0.25, 0.3) is 0 Å². The molecule has 1 rings (SSSR count). The molecule has 0 aliphatic heterocycles. The first-order chi connectivity index (χ1) is 6.65. The van der Waals surface area contributed by atoms with Gasteiger partial charge in [0.2, 0.25) is 0 Å². The van der Waals surface area contributed by atoms with Crippen LogP contribution in [0.5, 0.6) is 0 Å². The van der Waals surface area contributed by atoms with Crippen LogP contribution in [-0.4, -0.2) is 28.3 Å². The molecule has 3 heteroatoms. The van der Waals surface area contributed by atoms with Gasteiger partial charge in [-0.3, -0.25) is 9.88 Å². The van der Waals surface area contributed by atoms with Gasteiger partial charge < -0.3 is 0 Å². The van der Waals surface area contributed by atoms with Crippen LogP contribution in [0, 0.1) is 6.92 Å². The highest BCUT2D eigenvalue weighted by Crippen LogP contribution is 2.09. The molecule has 14 heavy (non-hydrogen) atoms. The second kappa shape index (κ2) is 5.47. The van der Waals surface area contributed by atoms with Gasteiger partial charge in [-0.05, 0) is 32.5 Å². The van der Waals surface area contributed by atoms with Gasteiger partial charge in [-0.25, -0.2) is 0 Å². The Kier molecular flexibility index (Phi) is 4.55. The SMILES string of the molecule is Cc1cccnc1CN(C)C(C)CBr. The van der Waals surface area contributed by atoms with Crippen molar-refractivity contribution in [2.75, 3.05) is 12.4 Å². The van der Waals surface area contributed by atoms with E-state index >= 15 is 0 Å². The van der Waals surface area contributed by atoms with Crippen molar-refractivity contribution in [2.24, 2.45) is 0 Å². The summed E-state index contributed by atoms with van der Waals surface area (Å²) < 4.78 is 0. The molecule has 0 bridgehead atoms. The van der Waals surface area contributed by atoms with Gasteiger partial charge in [0.05, 0.1) is 5.69 Å². The van der Waals surface area contributed by atoms with E-state index in [4.69, 9.17) is 0 Å². The maximum absolute atomic E-state index is 4.38. The van der Waals surface area contributed by atoms with E-state index in [2.05, 4.69) is 52.8 Å². The van der Waals surface area contributed by atoms with E-state index < -0.39 is 0 Å². The van der Waals surface area contributed by atoms with Gasteiger partial charge in [0, 0.05) is 24.1 Å². The molecule has 1 aromatic heterocycles. The number of pyridine rings is 1. The highest BCUT2D eigenvalue weighted by Gasteiger charge is 2.09. The fourth-order valence-corrected chi connectivity index (χ4v) is 1.69. The minimum Gasteiger partial charge on any atom is -0.297 e. The Balaban J connectivity index is 2.64. The third kappa shape index (κ3) is 3.07. The normalized spacial score (nSPS) is 13.2. The van der Waals surface area contributed by atoms with Crippen molar-refractivity contribution in [2.45, 2.75) is 26.4 Å². The molecular weight excluding hydrogens is 240 g/mol. The molecule has 0 N–H and O–H groups in total. The molecule has 0 amide bonds. The lowest BCUT2D eigenvalue weighted by atomic mass is 10.2. The summed E-state index contributed by atoms with van der Waals surface area (Å²) in [7, 11) is 2.13. The van der Waals surface area contributed by atoms with Crippen molar-refractivity contribution < 1.29 is 0 Å². The predicted molar refractivity (Wildman–Crippen MR) is 63.7 cm³/mol. The minimum absolute atomic E-state index is 0.538. The molecule has 2 nitrogen and oxygen atoms in total. The zero-order valence-corrected chi connectivity index (χ0v) is 10.6. The summed E-state index contributed by atoms with van der Waals surface area (Å²) in [6, 6.07) is 4.62. The Labute approximate surface area is 94.5 Å². The van der Waals surface area contributed by atoms with Crippen LogP contribution in [0.1, 0.15) is 18.2 Å². The van der Waals surface area contributed by atoms with Gasteiger partial charge in [-0.1, -0.05) is 22.0 Å². The number of rotatable bonds is 4. The van der Waals surface area contributed by atoms with Crippen molar-refractivity contribution in [3.05, 3.63) is 29.6 Å². The lowest BCUT2D eigenvalue weighted by Crippen LogP contribution is -2.30. The summed E-state index contributed by atoms with van der Waals surface area (Å²) >= 11 is 3.49. The number of alkyl halides is 1. The van der Waals surface area contributed by atoms with Gasteiger partial charge in [-0.15, -0.1) is 0 Å². The summed E-state index contributed by atoms with van der Waals surface area (Å²) in [6.07, 6.45) is 1.86. The summed E-state index contributed by atoms with van der Waals surface area (Å²) in [4.78, 5) is 6.67. The Morgan fingerprint density at radius 1 is 1.57 bits per heavy atom. The first-order valence-corrected chi connectivity index (χ1v) is 5.94. The van der Waals surface area contributed by atoms with Crippen LogP contribution in [0.2, 0.25) is 0 Å². The number of aryl methyl sites for hydroxylation is 1. The summed E-state index contributed by atoms with van der Waals surface area (Å²) in [6.45, 7) is 5.22. The Morgan fingerprint density at radius 2 is 2.29 bits per heavy atom. The second-order valence-corrected chi connectivity index (χ2v) is 4.33. The quantitative estimate of drug-likeness (QED) is 0.771. The van der Waals surface area contributed by atoms with Crippen LogP contribution in [-0.2, 0) is 6.54 Å². The molecule has 0 radical (unpaired) electrons. The van der Waals surface area contributed by atoms with Gasteiger partial charge in [0.1, 0.15) is 0 Å². The predicted octanol–water partition coefficient (Wildman–Crippen LogP) is 2.61. The van der Waals surface area contributed by atoms with Gasteiger partial charge in [0.15, 0.2) is 0 Å². The van der Waals surface area contributed by atoms with E-state index in [0.717, 1.165) is 11.9 Å². The summed E-state index contributed by atoms with van der Waals surface area (Å²) in [5.74, 6) is 0. The first-order valence-electron chi connectivity index (χ1n) is 4.82. The van der Waals surface area contributed by atoms with Crippen LogP contribution >= 0.6 is 15.9 Å². The molecule has 1 heterocycles. The number of hydrogen-bond acceptors (Lipinski definition) is 2. The minimum atomic E-state index is 0.538. The fourth-order valence-electron chi connectivity index (χ4n) is 1.19. The van der Waals surface area contributed by atoms with E-state index in [1.165, 1.54) is 11.3 Å². The highest BCUT2D eigenvalue weighted by atomic mass is 79.9. The summed E-state index contributed by atoms with van der Waals surface area (Å²) in [5.41, 5.74) is 2.43. The van der Waals surface area contributed by atoms with E-state index in [9.17, 15) is 0 Å². The van der Waals surface area contributed by atoms with Crippen molar-refractivity contribution in [3.63, 3.8) is 0 Å². The molecule has 78 valence electrons. The van der Waals surface area contributed by atoms with Crippen LogP contribution in [0.4, 0.5) is 0 Å². The molecule has 0 aromatic carbocycles. The lowest BCUT2D eigenvalue weighted by molar-refractivity contribution is 0.267. The van der Waals surface area contributed by atoms with E-state index in [-0.39, 0.29) is 0 Å². The van der Waals surface area contributed by atoms with Crippen LogP contribution in [0.3, 0.4) is 0 Å². The fraction of sp³-hybridized carbons (Fsp3) is 0.545. The molecule has 1 atom stereocenters. The molecular formula is C11H17BrN2. The molecule has 1 unspecified atom stereocenters. The second-order valence-electron chi connectivity index (χ2n) is 3.69. The summed E-state index contributed by atoms with van der Waals surface area (Å²) in [5, 5.41) is 0.995. The zero-order chi connectivity index (χ0) is 10.6. The maximum atomic E-state index is 4.38. The average Bonchev–Trinajstić information content (AvgIpc) is 2.20. The molecule has 0 spiro atoms. The largest absolute Gasteiger partial charge is 0.297 e. The number of halogens is 1. The molecule has 0 saturated heterocycles. The van der Waals surface area contributed by atoms with Gasteiger partial charge in [-0.2, -0.15) is 0 Å². The van der Waals surface area contributed by atoms with Crippen molar-refractivity contribution in [1.29, 1.82) is 0 Å². The molecule has 1 aromatic rings. The first kappa shape index (κ1) is 11.7. The Hall–Kier alpha value is -0.410. The Bertz CT molecular complexity index is 288.